The van der Waals surface area contributed by atoms with Gasteiger partial charge in [0.15, 0.2) is 0 Å². The Bertz CT molecular complexity index is 731. The van der Waals surface area contributed by atoms with E-state index in [-0.39, 0.29) is 5.91 Å². The van der Waals surface area contributed by atoms with E-state index in [4.69, 9.17) is 11.6 Å². The summed E-state index contributed by atoms with van der Waals surface area (Å²) in [4.78, 5) is 19.4. The minimum atomic E-state index is -0.226. The van der Waals surface area contributed by atoms with Gasteiger partial charge >= 0.3 is 0 Å². The van der Waals surface area contributed by atoms with E-state index in [0.29, 0.717) is 16.4 Å². The van der Waals surface area contributed by atoms with Crippen molar-refractivity contribution in [2.45, 2.75) is 6.92 Å². The number of nitrogens with one attached hydrogen (secondary N) is 2. The Morgan fingerprint density at radius 2 is 2.21 bits per heavy atom. The van der Waals surface area contributed by atoms with Gasteiger partial charge in [0.25, 0.3) is 5.91 Å². The first kappa shape index (κ1) is 12.2. The molecule has 0 aliphatic rings. The molecule has 2 heterocycles. The van der Waals surface area contributed by atoms with Crippen molar-refractivity contribution in [3.8, 4) is 0 Å². The maximum absolute atomic E-state index is 12.1. The molecule has 2 N–H and O–H groups in total. The van der Waals surface area contributed by atoms with Gasteiger partial charge in [0.2, 0.25) is 0 Å². The normalized spacial score (nSPS) is 10.8. The maximum Gasteiger partial charge on any atom is 0.272 e. The Labute approximate surface area is 118 Å². The highest BCUT2D eigenvalue weighted by Crippen LogP contribution is 2.24. The average molecular weight is 292 g/mol. The molecule has 0 aliphatic carbocycles. The van der Waals surface area contributed by atoms with E-state index in [9.17, 15) is 4.79 Å². The molecule has 0 atom stereocenters. The first-order chi connectivity index (χ1) is 9.13. The molecule has 3 aromatic rings. The molecule has 0 saturated carbocycles. The van der Waals surface area contributed by atoms with Gasteiger partial charge in [0.05, 0.1) is 20.4 Å². The molecule has 1 aromatic carbocycles. The van der Waals surface area contributed by atoms with E-state index in [0.717, 1.165) is 15.4 Å². The van der Waals surface area contributed by atoms with Crippen molar-refractivity contribution >= 4 is 44.9 Å². The van der Waals surface area contributed by atoms with Crippen LogP contribution in [0.2, 0.25) is 5.02 Å². The molecule has 1 amide bonds. The Balaban J connectivity index is 1.87. The molecular formula is C13H10ClN3OS. The summed E-state index contributed by atoms with van der Waals surface area (Å²) in [5.74, 6) is -0.226. The summed E-state index contributed by atoms with van der Waals surface area (Å²) in [5, 5.41) is 4.25. The third-order valence-electron chi connectivity index (χ3n) is 2.66. The highest BCUT2D eigenvalue weighted by atomic mass is 35.5. The van der Waals surface area contributed by atoms with E-state index in [1.165, 1.54) is 0 Å². The van der Waals surface area contributed by atoms with Gasteiger partial charge in [-0.15, -0.1) is 11.3 Å². The molecule has 96 valence electrons. The van der Waals surface area contributed by atoms with E-state index in [2.05, 4.69) is 15.3 Å². The number of aromatic amines is 1. The van der Waals surface area contributed by atoms with E-state index >= 15 is 0 Å². The number of hydrogen-bond donors (Lipinski definition) is 2. The smallest absolute Gasteiger partial charge is 0.272 e. The van der Waals surface area contributed by atoms with E-state index in [1.54, 1.807) is 29.5 Å². The maximum atomic E-state index is 12.1. The Hall–Kier alpha value is -1.85. The van der Waals surface area contributed by atoms with Crippen LogP contribution >= 0.6 is 22.9 Å². The van der Waals surface area contributed by atoms with Crippen molar-refractivity contribution in [2.75, 3.05) is 5.32 Å². The molecule has 0 saturated heterocycles. The lowest BCUT2D eigenvalue weighted by Crippen LogP contribution is -2.12. The number of anilines is 1. The van der Waals surface area contributed by atoms with Crippen molar-refractivity contribution in [3.63, 3.8) is 0 Å². The summed E-state index contributed by atoms with van der Waals surface area (Å²) in [7, 11) is 0. The summed E-state index contributed by atoms with van der Waals surface area (Å²) < 4.78 is 0.974. The number of H-pyrrole nitrogens is 1. The van der Waals surface area contributed by atoms with Crippen molar-refractivity contribution in [3.05, 3.63) is 46.1 Å². The molecule has 6 heteroatoms. The van der Waals surface area contributed by atoms with Crippen molar-refractivity contribution in [1.29, 1.82) is 0 Å². The van der Waals surface area contributed by atoms with Crippen molar-refractivity contribution in [2.24, 2.45) is 0 Å². The fraction of sp³-hybridized carbons (Fsp3) is 0.0769. The number of fused-ring (bicyclic) bond motifs is 1. The van der Waals surface area contributed by atoms with Crippen LogP contribution in [0.25, 0.3) is 10.3 Å². The fourth-order valence-electron chi connectivity index (χ4n) is 1.80. The second-order valence-corrected chi connectivity index (χ2v) is 5.70. The lowest BCUT2D eigenvalue weighted by atomic mass is 10.3. The van der Waals surface area contributed by atoms with Gasteiger partial charge in [-0.2, -0.15) is 0 Å². The van der Waals surface area contributed by atoms with Crippen LogP contribution in [0.5, 0.6) is 0 Å². The summed E-state index contributed by atoms with van der Waals surface area (Å²) in [6.07, 6.45) is 0. The molecule has 0 spiro atoms. The number of rotatable bonds is 2. The fourth-order valence-corrected chi connectivity index (χ4v) is 2.81. The third-order valence-corrected chi connectivity index (χ3v) is 3.90. The zero-order valence-electron chi connectivity index (χ0n) is 10.0. The van der Waals surface area contributed by atoms with Crippen LogP contribution in [0.4, 0.5) is 5.69 Å². The van der Waals surface area contributed by atoms with Crippen LogP contribution < -0.4 is 5.32 Å². The minimum Gasteiger partial charge on any atom is -0.334 e. The van der Waals surface area contributed by atoms with Gasteiger partial charge < -0.3 is 10.3 Å². The molecule has 0 radical (unpaired) electrons. The first-order valence-electron chi connectivity index (χ1n) is 5.65. The predicted octanol–water partition coefficient (Wildman–Crippen LogP) is 3.84. The lowest BCUT2D eigenvalue weighted by Gasteiger charge is -2.05. The van der Waals surface area contributed by atoms with Crippen LogP contribution in [0.15, 0.2) is 30.3 Å². The van der Waals surface area contributed by atoms with E-state index < -0.39 is 0 Å². The Morgan fingerprint density at radius 1 is 1.42 bits per heavy atom. The van der Waals surface area contributed by atoms with Gasteiger partial charge in [-0.05, 0) is 25.1 Å². The summed E-state index contributed by atoms with van der Waals surface area (Å²) >= 11 is 7.55. The standard InChI is InChI=1S/C13H10ClN3OS/c1-7-15-12-11(19-7)6-10(16-12)13(18)17-9-5-3-2-4-8(9)14/h2-6,16H,1H3,(H,17,18). The summed E-state index contributed by atoms with van der Waals surface area (Å²) in [6.45, 7) is 1.93. The van der Waals surface area contributed by atoms with Gasteiger partial charge in [-0.1, -0.05) is 23.7 Å². The summed E-state index contributed by atoms with van der Waals surface area (Å²) in [6, 6.07) is 8.92. The molecular weight excluding hydrogens is 282 g/mol. The quantitative estimate of drug-likeness (QED) is 0.754. The number of carbonyl (C=O) groups is 1. The number of para-hydroxylation sites is 1. The average Bonchev–Trinajstić information content (AvgIpc) is 2.89. The molecule has 0 aliphatic heterocycles. The van der Waals surface area contributed by atoms with Gasteiger partial charge in [-0.3, -0.25) is 4.79 Å². The Morgan fingerprint density at radius 3 is 2.95 bits per heavy atom. The van der Waals surface area contributed by atoms with E-state index in [1.807, 2.05) is 19.1 Å². The molecule has 0 bridgehead atoms. The number of amides is 1. The molecule has 19 heavy (non-hydrogen) atoms. The zero-order valence-corrected chi connectivity index (χ0v) is 11.6. The van der Waals surface area contributed by atoms with Crippen LogP contribution in [0, 0.1) is 6.92 Å². The topological polar surface area (TPSA) is 57.8 Å². The highest BCUT2D eigenvalue weighted by Gasteiger charge is 2.13. The summed E-state index contributed by atoms with van der Waals surface area (Å²) in [5.41, 5.74) is 1.82. The monoisotopic (exact) mass is 291 g/mol. The van der Waals surface area contributed by atoms with Gasteiger partial charge in [-0.25, -0.2) is 4.98 Å². The van der Waals surface area contributed by atoms with Gasteiger partial charge in [0.1, 0.15) is 11.3 Å². The number of thiazole rings is 1. The number of halogens is 1. The Kier molecular flexibility index (Phi) is 3.00. The predicted molar refractivity (Wildman–Crippen MR) is 78.1 cm³/mol. The third kappa shape index (κ3) is 2.34. The molecule has 3 rings (SSSR count). The van der Waals surface area contributed by atoms with Crippen LogP contribution in [-0.2, 0) is 0 Å². The SMILES string of the molecule is Cc1nc2[nH]c(C(=O)Nc3ccccc3Cl)cc2s1. The zero-order chi connectivity index (χ0) is 13.4. The number of aryl methyl sites for hydroxylation is 1. The number of hydrogen-bond acceptors (Lipinski definition) is 3. The lowest BCUT2D eigenvalue weighted by molar-refractivity contribution is 0.102. The number of nitrogens with zero attached hydrogens (tertiary/aromatic N) is 1. The first-order valence-corrected chi connectivity index (χ1v) is 6.85. The second kappa shape index (κ2) is 4.68. The van der Waals surface area contributed by atoms with Crippen LogP contribution in [0.3, 0.4) is 0 Å². The number of carbonyl (C=O) groups excluding carboxylic acids is 1. The second-order valence-electron chi connectivity index (χ2n) is 4.06. The van der Waals surface area contributed by atoms with Crippen molar-refractivity contribution in [1.82, 2.24) is 9.97 Å². The molecule has 4 nitrogen and oxygen atoms in total. The molecule has 0 fully saturated rings. The number of benzene rings is 1. The van der Waals surface area contributed by atoms with Gasteiger partial charge in [0, 0.05) is 0 Å². The molecule has 0 unspecified atom stereocenters. The minimum absolute atomic E-state index is 0.226. The van der Waals surface area contributed by atoms with Crippen LogP contribution in [-0.4, -0.2) is 15.9 Å². The largest absolute Gasteiger partial charge is 0.334 e. The molecule has 2 aromatic heterocycles. The highest BCUT2D eigenvalue weighted by molar-refractivity contribution is 7.18. The van der Waals surface area contributed by atoms with Crippen LogP contribution in [0.1, 0.15) is 15.5 Å². The number of aromatic nitrogens is 2. The van der Waals surface area contributed by atoms with Crippen molar-refractivity contribution < 1.29 is 4.79 Å².